The number of aromatic nitrogens is 6. The number of hydrogen-bond donors (Lipinski definition) is 0. The first-order chi connectivity index (χ1) is 15.9. The number of nitrogens with zero attached hydrogens (tertiary/aromatic N) is 6. The molecule has 0 fully saturated rings. The van der Waals surface area contributed by atoms with Gasteiger partial charge < -0.3 is 4.74 Å². The highest BCUT2D eigenvalue weighted by Gasteiger charge is 2.22. The summed E-state index contributed by atoms with van der Waals surface area (Å²) in [5.74, 6) is 0.495. The Morgan fingerprint density at radius 3 is 2.64 bits per heavy atom. The van der Waals surface area contributed by atoms with Gasteiger partial charge in [-0.15, -0.1) is 0 Å². The van der Waals surface area contributed by atoms with Crippen LogP contribution in [0.2, 0.25) is 0 Å². The Balaban J connectivity index is 1.47. The Bertz CT molecular complexity index is 1470. The molecule has 7 nitrogen and oxygen atoms in total. The second-order valence-electron chi connectivity index (χ2n) is 7.86. The van der Waals surface area contributed by atoms with Gasteiger partial charge in [0, 0.05) is 35.3 Å². The molecule has 0 aliphatic heterocycles. The number of aryl methyl sites for hydroxylation is 2. The number of benzene rings is 1. The molecule has 0 aliphatic carbocycles. The van der Waals surface area contributed by atoms with Crippen LogP contribution >= 0.6 is 0 Å². The van der Waals surface area contributed by atoms with Gasteiger partial charge in [-0.25, -0.2) is 23.4 Å². The molecule has 0 unspecified atom stereocenters. The van der Waals surface area contributed by atoms with E-state index >= 15 is 0 Å². The van der Waals surface area contributed by atoms with Crippen LogP contribution in [-0.2, 0) is 13.6 Å². The molecule has 0 atom stereocenters. The van der Waals surface area contributed by atoms with E-state index in [-0.39, 0.29) is 12.2 Å². The van der Waals surface area contributed by atoms with Crippen LogP contribution in [0.25, 0.3) is 33.2 Å². The fourth-order valence-corrected chi connectivity index (χ4v) is 3.97. The van der Waals surface area contributed by atoms with Crippen LogP contribution in [0.1, 0.15) is 23.4 Å². The minimum absolute atomic E-state index is 0.0842. The van der Waals surface area contributed by atoms with Crippen molar-refractivity contribution in [2.24, 2.45) is 7.05 Å². The second kappa shape index (κ2) is 8.23. The van der Waals surface area contributed by atoms with E-state index in [9.17, 15) is 8.78 Å². The summed E-state index contributed by atoms with van der Waals surface area (Å²) in [6.45, 7) is 4.20. The molecule has 0 aliphatic rings. The molecule has 9 heteroatoms. The first kappa shape index (κ1) is 21.0. The third kappa shape index (κ3) is 3.79. The lowest BCUT2D eigenvalue weighted by Gasteiger charge is -2.09. The Hall–Kier alpha value is -3.88. The summed E-state index contributed by atoms with van der Waals surface area (Å²) in [5, 5.41) is 10.1. The standard InChI is InChI=1S/C24H22F2N6O/c1-14-22-17(23(25)26)12-20(18-13-27-31(3)15(18)2)29-24(22)32(30-14)10-11-33-21-9-8-16-6-4-5-7-19(16)28-21/h4-9,12-13,23H,10-11H2,1-3H3. The first-order valence-electron chi connectivity index (χ1n) is 10.6. The summed E-state index contributed by atoms with van der Waals surface area (Å²) in [7, 11) is 1.80. The van der Waals surface area contributed by atoms with Gasteiger partial charge in [-0.2, -0.15) is 10.2 Å². The quantitative estimate of drug-likeness (QED) is 0.365. The van der Waals surface area contributed by atoms with Gasteiger partial charge in [0.15, 0.2) is 5.65 Å². The van der Waals surface area contributed by atoms with Crippen LogP contribution in [0.4, 0.5) is 8.78 Å². The van der Waals surface area contributed by atoms with E-state index in [1.807, 2.05) is 43.3 Å². The molecule has 0 amide bonds. The summed E-state index contributed by atoms with van der Waals surface area (Å²) in [4.78, 5) is 9.19. The van der Waals surface area contributed by atoms with Gasteiger partial charge in [-0.3, -0.25) is 4.68 Å². The zero-order valence-corrected chi connectivity index (χ0v) is 18.5. The number of fused-ring (bicyclic) bond motifs is 2. The van der Waals surface area contributed by atoms with Gasteiger partial charge in [-0.1, -0.05) is 18.2 Å². The molecule has 4 heterocycles. The number of hydrogen-bond acceptors (Lipinski definition) is 5. The SMILES string of the molecule is Cc1nn(CCOc2ccc3ccccc3n2)c2nc(-c3cnn(C)c3C)cc(C(F)F)c12. The Labute approximate surface area is 188 Å². The van der Waals surface area contributed by atoms with Crippen molar-refractivity contribution >= 4 is 21.9 Å². The van der Waals surface area contributed by atoms with E-state index in [0.29, 0.717) is 40.4 Å². The van der Waals surface area contributed by atoms with Crippen molar-refractivity contribution in [3.63, 3.8) is 0 Å². The fraction of sp³-hybridized carbons (Fsp3) is 0.250. The van der Waals surface area contributed by atoms with E-state index in [0.717, 1.165) is 16.6 Å². The highest BCUT2D eigenvalue weighted by molar-refractivity contribution is 5.85. The van der Waals surface area contributed by atoms with Crippen LogP contribution in [0, 0.1) is 13.8 Å². The highest BCUT2D eigenvalue weighted by atomic mass is 19.3. The predicted molar refractivity (Wildman–Crippen MR) is 121 cm³/mol. The molecular weight excluding hydrogens is 426 g/mol. The second-order valence-corrected chi connectivity index (χ2v) is 7.86. The molecule has 1 aromatic carbocycles. The van der Waals surface area contributed by atoms with Crippen molar-refractivity contribution in [1.82, 2.24) is 29.5 Å². The van der Waals surface area contributed by atoms with E-state index in [1.165, 1.54) is 6.07 Å². The van der Waals surface area contributed by atoms with Crippen LogP contribution < -0.4 is 4.74 Å². The minimum Gasteiger partial charge on any atom is -0.476 e. The number of pyridine rings is 2. The maximum Gasteiger partial charge on any atom is 0.264 e. The lowest BCUT2D eigenvalue weighted by Crippen LogP contribution is -2.11. The summed E-state index contributed by atoms with van der Waals surface area (Å²) >= 11 is 0. The molecule has 0 saturated carbocycles. The van der Waals surface area contributed by atoms with Crippen LogP contribution in [-0.4, -0.2) is 36.1 Å². The maximum absolute atomic E-state index is 14.0. The molecule has 5 aromatic rings. The Morgan fingerprint density at radius 1 is 1.06 bits per heavy atom. The Morgan fingerprint density at radius 2 is 1.88 bits per heavy atom. The van der Waals surface area contributed by atoms with Gasteiger partial charge in [0.1, 0.15) is 6.61 Å². The van der Waals surface area contributed by atoms with E-state index in [4.69, 9.17) is 9.72 Å². The van der Waals surface area contributed by atoms with Gasteiger partial charge in [0.05, 0.1) is 35.0 Å². The minimum atomic E-state index is -2.65. The topological polar surface area (TPSA) is 70.7 Å². The van der Waals surface area contributed by atoms with Crippen LogP contribution in [0.5, 0.6) is 5.88 Å². The van der Waals surface area contributed by atoms with Gasteiger partial charge in [0.2, 0.25) is 5.88 Å². The number of para-hydroxylation sites is 1. The fourth-order valence-electron chi connectivity index (χ4n) is 3.97. The van der Waals surface area contributed by atoms with Gasteiger partial charge in [-0.05, 0) is 32.0 Å². The molecule has 4 aromatic heterocycles. The van der Waals surface area contributed by atoms with Crippen molar-refractivity contribution in [2.75, 3.05) is 6.61 Å². The van der Waals surface area contributed by atoms with Gasteiger partial charge >= 0.3 is 0 Å². The molecular formula is C24H22F2N6O. The largest absolute Gasteiger partial charge is 0.476 e. The molecule has 0 N–H and O–H groups in total. The lowest BCUT2D eigenvalue weighted by molar-refractivity contribution is 0.153. The van der Waals surface area contributed by atoms with E-state index in [2.05, 4.69) is 15.2 Å². The average molecular weight is 448 g/mol. The summed E-state index contributed by atoms with van der Waals surface area (Å²) in [6, 6.07) is 13.0. The molecule has 33 heavy (non-hydrogen) atoms. The molecule has 5 rings (SSSR count). The van der Waals surface area contributed by atoms with Crippen molar-refractivity contribution < 1.29 is 13.5 Å². The third-order valence-electron chi connectivity index (χ3n) is 5.78. The monoisotopic (exact) mass is 448 g/mol. The smallest absolute Gasteiger partial charge is 0.264 e. The number of alkyl halides is 2. The Kier molecular flexibility index (Phi) is 5.24. The molecule has 0 spiro atoms. The molecule has 0 radical (unpaired) electrons. The van der Waals surface area contributed by atoms with Crippen LogP contribution in [0.15, 0.2) is 48.7 Å². The lowest BCUT2D eigenvalue weighted by atomic mass is 10.1. The van der Waals surface area contributed by atoms with Crippen molar-refractivity contribution in [1.29, 1.82) is 0 Å². The van der Waals surface area contributed by atoms with Crippen molar-refractivity contribution in [3.8, 4) is 17.1 Å². The summed E-state index contributed by atoms with van der Waals surface area (Å²) < 4.78 is 37.1. The third-order valence-corrected chi connectivity index (χ3v) is 5.78. The average Bonchev–Trinajstić information content (AvgIpc) is 3.31. The van der Waals surface area contributed by atoms with E-state index in [1.54, 1.807) is 29.5 Å². The van der Waals surface area contributed by atoms with Crippen LogP contribution in [0.3, 0.4) is 0 Å². The maximum atomic E-state index is 14.0. The molecule has 168 valence electrons. The number of rotatable bonds is 6. The van der Waals surface area contributed by atoms with Gasteiger partial charge in [0.25, 0.3) is 6.43 Å². The van der Waals surface area contributed by atoms with Crippen molar-refractivity contribution in [3.05, 3.63) is 65.6 Å². The highest BCUT2D eigenvalue weighted by Crippen LogP contribution is 2.33. The van der Waals surface area contributed by atoms with Crippen molar-refractivity contribution in [2.45, 2.75) is 26.8 Å². The zero-order valence-electron chi connectivity index (χ0n) is 18.5. The number of halogens is 2. The zero-order chi connectivity index (χ0) is 23.1. The van der Waals surface area contributed by atoms with E-state index < -0.39 is 6.43 Å². The number of ether oxygens (including phenoxy) is 1. The summed E-state index contributed by atoms with van der Waals surface area (Å²) in [6.07, 6.45) is -1.01. The predicted octanol–water partition coefficient (Wildman–Crippen LogP) is 5.01. The molecule has 0 saturated heterocycles. The normalized spacial score (nSPS) is 11.7. The molecule has 0 bridgehead atoms. The first-order valence-corrected chi connectivity index (χ1v) is 10.6. The summed E-state index contributed by atoms with van der Waals surface area (Å²) in [5.41, 5.74) is 3.67.